The van der Waals surface area contributed by atoms with Crippen LogP contribution < -0.4 is 15.8 Å². The van der Waals surface area contributed by atoms with Crippen molar-refractivity contribution in [2.24, 2.45) is 11.8 Å². The van der Waals surface area contributed by atoms with Crippen LogP contribution in [0, 0.1) is 11.8 Å². The van der Waals surface area contributed by atoms with Gasteiger partial charge in [0, 0.05) is 5.56 Å². The number of benzene rings is 2. The van der Waals surface area contributed by atoms with E-state index >= 15 is 0 Å². The minimum atomic E-state index is -0.806. The Hall–Kier alpha value is -4.27. The molecular weight excluding hydrogens is 426 g/mol. The number of amides is 4. The number of esters is 1. The monoisotopic (exact) mass is 447 g/mol. The Bertz CT molecular complexity index is 1120. The van der Waals surface area contributed by atoms with Crippen LogP contribution in [-0.2, 0) is 19.1 Å². The molecule has 0 bridgehead atoms. The van der Waals surface area contributed by atoms with Crippen molar-refractivity contribution >= 4 is 35.3 Å². The first-order valence-electron chi connectivity index (χ1n) is 10.4. The molecular formula is C24H21N3O6. The molecule has 1 saturated heterocycles. The molecule has 4 amide bonds. The number of hydrogen-bond acceptors (Lipinski definition) is 6. The van der Waals surface area contributed by atoms with E-state index in [-0.39, 0.29) is 34.9 Å². The van der Waals surface area contributed by atoms with Crippen LogP contribution in [-0.4, -0.2) is 36.2 Å². The maximum absolute atomic E-state index is 12.7. The van der Waals surface area contributed by atoms with E-state index in [0.717, 1.165) is 4.90 Å². The number of nitrogens with zero attached hydrogens (tertiary/aromatic N) is 1. The SMILES string of the molecule is O=C(COC(=O)c1cccc(N2C(=O)[C@@H]3CC=CC[C@H]3C2=O)c1)NNC(=O)c1ccccc1. The normalized spacial score (nSPS) is 19.1. The fourth-order valence-electron chi connectivity index (χ4n) is 3.87. The first kappa shape index (κ1) is 21.9. The smallest absolute Gasteiger partial charge is 0.338 e. The van der Waals surface area contributed by atoms with E-state index in [1.54, 1.807) is 36.4 Å². The van der Waals surface area contributed by atoms with Crippen LogP contribution in [0.25, 0.3) is 0 Å². The standard InChI is InChI=1S/C24H21N3O6/c28-20(25-26-21(29)15-7-2-1-3-8-15)14-33-24(32)16-9-6-10-17(13-16)27-22(30)18-11-4-5-12-19(18)23(27)31/h1-10,13,18-19H,11-12,14H2,(H,25,28)(H,26,29)/t18-,19-/m1/s1. The largest absolute Gasteiger partial charge is 0.452 e. The van der Waals surface area contributed by atoms with Crippen LogP contribution in [0.15, 0.2) is 66.7 Å². The van der Waals surface area contributed by atoms with Gasteiger partial charge in [0.05, 0.1) is 23.1 Å². The highest BCUT2D eigenvalue weighted by atomic mass is 16.5. The molecule has 9 nitrogen and oxygen atoms in total. The van der Waals surface area contributed by atoms with Gasteiger partial charge in [-0.3, -0.25) is 34.9 Å². The van der Waals surface area contributed by atoms with Crippen molar-refractivity contribution in [3.8, 4) is 0 Å². The molecule has 1 aliphatic carbocycles. The van der Waals surface area contributed by atoms with Gasteiger partial charge in [-0.05, 0) is 43.2 Å². The molecule has 1 fully saturated rings. The van der Waals surface area contributed by atoms with Gasteiger partial charge >= 0.3 is 5.97 Å². The molecule has 1 heterocycles. The summed E-state index contributed by atoms with van der Waals surface area (Å²) in [7, 11) is 0. The predicted molar refractivity (Wildman–Crippen MR) is 117 cm³/mol. The molecule has 2 N–H and O–H groups in total. The Kier molecular flexibility index (Phi) is 6.30. The van der Waals surface area contributed by atoms with Gasteiger partial charge in [-0.2, -0.15) is 0 Å². The number of imide groups is 1. The first-order chi connectivity index (χ1) is 16.0. The van der Waals surface area contributed by atoms with Crippen molar-refractivity contribution in [1.82, 2.24) is 10.9 Å². The number of anilines is 1. The average molecular weight is 447 g/mol. The molecule has 0 aromatic heterocycles. The fraction of sp³-hybridized carbons (Fsp3) is 0.208. The number of nitrogens with one attached hydrogen (secondary N) is 2. The van der Waals surface area contributed by atoms with Crippen molar-refractivity contribution in [3.63, 3.8) is 0 Å². The molecule has 2 aliphatic rings. The van der Waals surface area contributed by atoms with Gasteiger partial charge < -0.3 is 4.74 Å². The molecule has 4 rings (SSSR count). The number of allylic oxidation sites excluding steroid dienone is 2. The number of carbonyl (C=O) groups excluding carboxylic acids is 5. The van der Waals surface area contributed by atoms with E-state index in [4.69, 9.17) is 4.74 Å². The molecule has 0 saturated carbocycles. The van der Waals surface area contributed by atoms with Crippen LogP contribution in [0.1, 0.15) is 33.6 Å². The first-order valence-corrected chi connectivity index (χ1v) is 10.4. The zero-order chi connectivity index (χ0) is 23.4. The number of ether oxygens (including phenoxy) is 1. The van der Waals surface area contributed by atoms with Crippen molar-refractivity contribution in [2.75, 3.05) is 11.5 Å². The van der Waals surface area contributed by atoms with E-state index in [1.807, 2.05) is 12.2 Å². The highest BCUT2D eigenvalue weighted by Gasteiger charge is 2.47. The zero-order valence-electron chi connectivity index (χ0n) is 17.5. The average Bonchev–Trinajstić information content (AvgIpc) is 3.11. The summed E-state index contributed by atoms with van der Waals surface area (Å²) in [5.74, 6) is -3.38. The summed E-state index contributed by atoms with van der Waals surface area (Å²) in [4.78, 5) is 62.8. The van der Waals surface area contributed by atoms with E-state index < -0.39 is 24.4 Å². The van der Waals surface area contributed by atoms with Crippen molar-refractivity contribution in [1.29, 1.82) is 0 Å². The van der Waals surface area contributed by atoms with Crippen molar-refractivity contribution < 1.29 is 28.7 Å². The zero-order valence-corrected chi connectivity index (χ0v) is 17.5. The lowest BCUT2D eigenvalue weighted by Crippen LogP contribution is -2.43. The van der Waals surface area contributed by atoms with Gasteiger partial charge in [0.2, 0.25) is 11.8 Å². The maximum Gasteiger partial charge on any atom is 0.338 e. The van der Waals surface area contributed by atoms with Gasteiger partial charge in [-0.25, -0.2) is 4.79 Å². The van der Waals surface area contributed by atoms with Crippen LogP contribution in [0.2, 0.25) is 0 Å². The summed E-state index contributed by atoms with van der Waals surface area (Å²) in [6, 6.07) is 14.2. The predicted octanol–water partition coefficient (Wildman–Crippen LogP) is 1.76. The van der Waals surface area contributed by atoms with E-state index in [9.17, 15) is 24.0 Å². The molecule has 9 heteroatoms. The van der Waals surface area contributed by atoms with Crippen LogP contribution in [0.5, 0.6) is 0 Å². The quantitative estimate of drug-likeness (QED) is 0.312. The van der Waals surface area contributed by atoms with Gasteiger partial charge in [-0.1, -0.05) is 36.4 Å². The van der Waals surface area contributed by atoms with Gasteiger partial charge in [0.1, 0.15) is 0 Å². The van der Waals surface area contributed by atoms with Gasteiger partial charge in [0.15, 0.2) is 6.61 Å². The highest BCUT2D eigenvalue weighted by molar-refractivity contribution is 6.22. The second kappa shape index (κ2) is 9.47. The molecule has 2 aromatic carbocycles. The third-order valence-corrected chi connectivity index (χ3v) is 5.53. The summed E-state index contributed by atoms with van der Waals surface area (Å²) in [5.41, 5.74) is 5.12. The summed E-state index contributed by atoms with van der Waals surface area (Å²) >= 11 is 0. The molecule has 0 radical (unpaired) electrons. The maximum atomic E-state index is 12.7. The Labute approximate surface area is 189 Å². The number of rotatable bonds is 5. The van der Waals surface area contributed by atoms with Crippen molar-refractivity contribution in [2.45, 2.75) is 12.8 Å². The molecule has 2 atom stereocenters. The Morgan fingerprint density at radius 2 is 1.48 bits per heavy atom. The topological polar surface area (TPSA) is 122 Å². The van der Waals surface area contributed by atoms with Crippen LogP contribution in [0.3, 0.4) is 0 Å². The Balaban J connectivity index is 1.33. The molecule has 33 heavy (non-hydrogen) atoms. The fourth-order valence-corrected chi connectivity index (χ4v) is 3.87. The number of fused-ring (bicyclic) bond motifs is 1. The lowest BCUT2D eigenvalue weighted by Gasteiger charge is -2.15. The number of hydrogen-bond donors (Lipinski definition) is 2. The van der Waals surface area contributed by atoms with Crippen LogP contribution >= 0.6 is 0 Å². The van der Waals surface area contributed by atoms with Crippen LogP contribution in [0.4, 0.5) is 5.69 Å². The number of hydrazine groups is 1. The Morgan fingerprint density at radius 3 is 2.15 bits per heavy atom. The van der Waals surface area contributed by atoms with Crippen molar-refractivity contribution in [3.05, 3.63) is 77.9 Å². The summed E-state index contributed by atoms with van der Waals surface area (Å²) < 4.78 is 4.99. The Morgan fingerprint density at radius 1 is 0.848 bits per heavy atom. The lowest BCUT2D eigenvalue weighted by atomic mass is 9.85. The summed E-state index contributed by atoms with van der Waals surface area (Å²) in [5, 5.41) is 0. The number of carbonyl (C=O) groups is 5. The second-order valence-electron chi connectivity index (χ2n) is 7.66. The summed E-state index contributed by atoms with van der Waals surface area (Å²) in [6.45, 7) is -0.629. The third kappa shape index (κ3) is 4.67. The minimum Gasteiger partial charge on any atom is -0.452 e. The molecule has 1 aliphatic heterocycles. The van der Waals surface area contributed by atoms with E-state index in [2.05, 4.69) is 10.9 Å². The molecule has 168 valence electrons. The lowest BCUT2D eigenvalue weighted by molar-refractivity contribution is -0.125. The molecule has 0 unspecified atom stereocenters. The third-order valence-electron chi connectivity index (χ3n) is 5.53. The highest BCUT2D eigenvalue weighted by Crippen LogP contribution is 2.37. The van der Waals surface area contributed by atoms with Gasteiger partial charge in [-0.15, -0.1) is 0 Å². The van der Waals surface area contributed by atoms with E-state index in [1.165, 1.54) is 18.2 Å². The minimum absolute atomic E-state index is 0.0854. The summed E-state index contributed by atoms with van der Waals surface area (Å²) in [6.07, 6.45) is 4.83. The van der Waals surface area contributed by atoms with E-state index in [0.29, 0.717) is 18.4 Å². The molecule has 2 aromatic rings. The van der Waals surface area contributed by atoms with Gasteiger partial charge in [0.25, 0.3) is 11.8 Å². The molecule has 0 spiro atoms. The second-order valence-corrected chi connectivity index (χ2v) is 7.66.